The highest BCUT2D eigenvalue weighted by Gasteiger charge is 2.29. The quantitative estimate of drug-likeness (QED) is 0.903. The van der Waals surface area contributed by atoms with Crippen LogP contribution in [0.1, 0.15) is 20.8 Å². The molecule has 0 bridgehead atoms. The van der Waals surface area contributed by atoms with Crippen molar-refractivity contribution in [2.24, 2.45) is 5.14 Å². The fourth-order valence-electron chi connectivity index (χ4n) is 1.62. The predicted molar refractivity (Wildman–Crippen MR) is 69.7 cm³/mol. The molecule has 2 rings (SSSR count). The smallest absolute Gasteiger partial charge is 0.273 e. The Balaban J connectivity index is 2.75. The molecule has 2 aromatic heterocycles. The predicted octanol–water partition coefficient (Wildman–Crippen LogP) is 1.41. The van der Waals surface area contributed by atoms with Crippen molar-refractivity contribution in [3.8, 4) is 10.7 Å². The van der Waals surface area contributed by atoms with Crippen LogP contribution in [0, 0.1) is 0 Å². The standard InChI is InChI=1S/C10H14N4O2S2/c1-10(2,3)14-8(7-5-4-6-17-7)12-13-9(14)18(11,15)16/h4-6H,1-3H3,(H2,11,15,16). The minimum Gasteiger partial charge on any atom is -0.291 e. The van der Waals surface area contributed by atoms with Crippen molar-refractivity contribution in [3.05, 3.63) is 17.5 Å². The third-order valence-corrected chi connectivity index (χ3v) is 3.94. The molecule has 18 heavy (non-hydrogen) atoms. The van der Waals surface area contributed by atoms with Gasteiger partial charge in [-0.2, -0.15) is 0 Å². The van der Waals surface area contributed by atoms with Gasteiger partial charge in [-0.15, -0.1) is 21.5 Å². The van der Waals surface area contributed by atoms with E-state index in [1.165, 1.54) is 11.3 Å². The van der Waals surface area contributed by atoms with Gasteiger partial charge >= 0.3 is 0 Å². The van der Waals surface area contributed by atoms with Crippen LogP contribution in [0.15, 0.2) is 22.7 Å². The van der Waals surface area contributed by atoms with Crippen molar-refractivity contribution >= 4 is 21.4 Å². The van der Waals surface area contributed by atoms with Crippen LogP contribution in [0.4, 0.5) is 0 Å². The molecule has 2 heterocycles. The van der Waals surface area contributed by atoms with Gasteiger partial charge in [0.25, 0.3) is 15.2 Å². The van der Waals surface area contributed by atoms with Gasteiger partial charge in [0.15, 0.2) is 5.82 Å². The first-order valence-electron chi connectivity index (χ1n) is 5.24. The maximum absolute atomic E-state index is 11.5. The number of thiophene rings is 1. The van der Waals surface area contributed by atoms with Crippen molar-refractivity contribution in [2.75, 3.05) is 0 Å². The third-order valence-electron chi connectivity index (χ3n) is 2.30. The summed E-state index contributed by atoms with van der Waals surface area (Å²) in [6, 6.07) is 3.74. The van der Waals surface area contributed by atoms with E-state index < -0.39 is 15.6 Å². The molecule has 0 aliphatic rings. The molecular weight excluding hydrogens is 272 g/mol. The molecule has 0 fully saturated rings. The largest absolute Gasteiger partial charge is 0.291 e. The van der Waals surface area contributed by atoms with Crippen molar-refractivity contribution < 1.29 is 8.42 Å². The van der Waals surface area contributed by atoms with Crippen LogP contribution in [0.3, 0.4) is 0 Å². The lowest BCUT2D eigenvalue weighted by molar-refractivity contribution is 0.366. The average Bonchev–Trinajstić information content (AvgIpc) is 2.83. The first-order valence-corrected chi connectivity index (χ1v) is 7.66. The monoisotopic (exact) mass is 286 g/mol. The number of hydrogen-bond acceptors (Lipinski definition) is 5. The molecule has 0 aliphatic carbocycles. The van der Waals surface area contributed by atoms with Gasteiger partial charge in [0, 0.05) is 5.54 Å². The Morgan fingerprint density at radius 2 is 2.00 bits per heavy atom. The number of nitrogens with zero attached hydrogens (tertiary/aromatic N) is 3. The zero-order valence-electron chi connectivity index (χ0n) is 10.3. The molecular formula is C10H14N4O2S2. The van der Waals surface area contributed by atoms with Crippen LogP contribution in [0.2, 0.25) is 0 Å². The zero-order chi connectivity index (χ0) is 13.6. The van der Waals surface area contributed by atoms with Gasteiger partial charge in [0.05, 0.1) is 4.88 Å². The summed E-state index contributed by atoms with van der Waals surface area (Å²) in [5.41, 5.74) is -0.482. The van der Waals surface area contributed by atoms with Crippen molar-refractivity contribution in [1.82, 2.24) is 14.8 Å². The number of nitrogens with two attached hydrogens (primary N) is 1. The van der Waals surface area contributed by atoms with Crippen LogP contribution in [0.25, 0.3) is 10.7 Å². The van der Waals surface area contributed by atoms with E-state index in [0.717, 1.165) is 4.88 Å². The van der Waals surface area contributed by atoms with Gasteiger partial charge < -0.3 is 0 Å². The second kappa shape index (κ2) is 4.15. The van der Waals surface area contributed by atoms with Crippen LogP contribution in [0.5, 0.6) is 0 Å². The molecule has 0 radical (unpaired) electrons. The second-order valence-corrected chi connectivity index (χ2v) is 7.24. The molecule has 0 spiro atoms. The minimum atomic E-state index is -3.89. The van der Waals surface area contributed by atoms with Crippen molar-refractivity contribution in [1.29, 1.82) is 0 Å². The highest BCUT2D eigenvalue weighted by atomic mass is 32.2. The molecule has 0 aromatic carbocycles. The third kappa shape index (κ3) is 2.31. The molecule has 8 heteroatoms. The number of hydrogen-bond donors (Lipinski definition) is 1. The van der Waals surface area contributed by atoms with Gasteiger partial charge in [-0.3, -0.25) is 4.57 Å². The van der Waals surface area contributed by atoms with E-state index in [4.69, 9.17) is 5.14 Å². The molecule has 0 amide bonds. The summed E-state index contributed by atoms with van der Waals surface area (Å²) in [6.07, 6.45) is 0. The number of rotatable bonds is 2. The Bertz CT molecular complexity index is 651. The van der Waals surface area contributed by atoms with Gasteiger partial charge in [-0.25, -0.2) is 13.6 Å². The highest BCUT2D eigenvalue weighted by Crippen LogP contribution is 2.30. The molecule has 0 aliphatic heterocycles. The van der Waals surface area contributed by atoms with E-state index in [1.807, 2.05) is 38.3 Å². The summed E-state index contributed by atoms with van der Waals surface area (Å²) in [5, 5.41) is 14.5. The SMILES string of the molecule is CC(C)(C)n1c(-c2cccs2)nnc1S(N)(=O)=O. The Labute approximate surface area is 110 Å². The summed E-state index contributed by atoms with van der Waals surface area (Å²) in [7, 11) is -3.89. The van der Waals surface area contributed by atoms with Crippen molar-refractivity contribution in [2.45, 2.75) is 31.5 Å². The summed E-state index contributed by atoms with van der Waals surface area (Å²) >= 11 is 1.47. The lowest BCUT2D eigenvalue weighted by Crippen LogP contribution is -2.29. The van der Waals surface area contributed by atoms with Gasteiger partial charge in [0.1, 0.15) is 0 Å². The molecule has 2 aromatic rings. The fraction of sp³-hybridized carbons (Fsp3) is 0.400. The maximum Gasteiger partial charge on any atom is 0.273 e. The van der Waals surface area contributed by atoms with Crippen LogP contribution in [-0.2, 0) is 15.6 Å². The number of sulfonamides is 1. The lowest BCUT2D eigenvalue weighted by atomic mass is 10.1. The van der Waals surface area contributed by atoms with E-state index >= 15 is 0 Å². The van der Waals surface area contributed by atoms with E-state index in [0.29, 0.717) is 5.82 Å². The molecule has 6 nitrogen and oxygen atoms in total. The van der Waals surface area contributed by atoms with Crippen LogP contribution in [-0.4, -0.2) is 23.2 Å². The first kappa shape index (κ1) is 13.2. The molecule has 0 atom stereocenters. The molecule has 0 unspecified atom stereocenters. The van der Waals surface area contributed by atoms with Crippen molar-refractivity contribution in [3.63, 3.8) is 0 Å². The van der Waals surface area contributed by atoms with Gasteiger partial charge in [0.2, 0.25) is 0 Å². The van der Waals surface area contributed by atoms with E-state index in [9.17, 15) is 8.42 Å². The number of primary sulfonamides is 1. The van der Waals surface area contributed by atoms with Crippen LogP contribution >= 0.6 is 11.3 Å². The average molecular weight is 286 g/mol. The van der Waals surface area contributed by atoms with E-state index in [-0.39, 0.29) is 5.16 Å². The zero-order valence-corrected chi connectivity index (χ0v) is 11.9. The maximum atomic E-state index is 11.5. The molecule has 0 saturated carbocycles. The fourth-order valence-corrected chi connectivity index (χ4v) is 3.09. The second-order valence-electron chi connectivity index (χ2n) is 4.83. The topological polar surface area (TPSA) is 90.9 Å². The Morgan fingerprint density at radius 3 is 2.44 bits per heavy atom. The summed E-state index contributed by atoms with van der Waals surface area (Å²) in [5.74, 6) is 0.515. The summed E-state index contributed by atoms with van der Waals surface area (Å²) in [6.45, 7) is 5.63. The van der Waals surface area contributed by atoms with E-state index in [1.54, 1.807) is 4.57 Å². The normalized spacial score (nSPS) is 12.9. The minimum absolute atomic E-state index is 0.210. The first-order chi connectivity index (χ1) is 8.21. The molecule has 0 saturated heterocycles. The molecule has 2 N–H and O–H groups in total. The van der Waals surface area contributed by atoms with Gasteiger partial charge in [-0.1, -0.05) is 6.07 Å². The number of aromatic nitrogens is 3. The molecule has 98 valence electrons. The Morgan fingerprint density at radius 1 is 1.33 bits per heavy atom. The Hall–Kier alpha value is -1.25. The highest BCUT2D eigenvalue weighted by molar-refractivity contribution is 7.89. The Kier molecular flexibility index (Phi) is 3.04. The summed E-state index contributed by atoms with van der Waals surface area (Å²) in [4.78, 5) is 0.854. The van der Waals surface area contributed by atoms with E-state index in [2.05, 4.69) is 10.2 Å². The lowest BCUT2D eigenvalue weighted by Gasteiger charge is -2.23. The van der Waals surface area contributed by atoms with Crippen LogP contribution < -0.4 is 5.14 Å². The summed E-state index contributed by atoms with van der Waals surface area (Å²) < 4.78 is 24.6. The van der Waals surface area contributed by atoms with Gasteiger partial charge in [-0.05, 0) is 32.2 Å².